The fourth-order valence-corrected chi connectivity index (χ4v) is 1.71. The van der Waals surface area contributed by atoms with Crippen molar-refractivity contribution < 1.29 is 14.4 Å². The molecule has 0 radical (unpaired) electrons. The summed E-state index contributed by atoms with van der Waals surface area (Å²) in [6.45, 7) is 2.38. The Kier molecular flexibility index (Phi) is 7.56. The Bertz CT molecular complexity index is 474. The summed E-state index contributed by atoms with van der Waals surface area (Å²) in [6.07, 6.45) is 1.63. The Morgan fingerprint density at radius 2 is 1.43 bits per heavy atom. The van der Waals surface area contributed by atoms with Gasteiger partial charge in [-0.1, -0.05) is 30.3 Å². The first-order valence-corrected chi connectivity index (χ1v) is 6.94. The molecule has 3 amide bonds. The molecular formula is C15H21N3O3. The van der Waals surface area contributed by atoms with Crippen LogP contribution in [0.3, 0.4) is 0 Å². The van der Waals surface area contributed by atoms with Crippen LogP contribution in [0, 0.1) is 0 Å². The van der Waals surface area contributed by atoms with E-state index in [2.05, 4.69) is 16.0 Å². The first kappa shape index (κ1) is 16.7. The third-order valence-electron chi connectivity index (χ3n) is 2.76. The van der Waals surface area contributed by atoms with Crippen LogP contribution >= 0.6 is 0 Å². The van der Waals surface area contributed by atoms with Crippen molar-refractivity contribution in [2.75, 3.05) is 19.6 Å². The lowest BCUT2D eigenvalue weighted by atomic mass is 10.1. The van der Waals surface area contributed by atoms with Gasteiger partial charge in [0.2, 0.25) is 5.91 Å². The maximum atomic E-state index is 11.5. The number of hydrogen-bond acceptors (Lipinski definition) is 3. The zero-order chi connectivity index (χ0) is 15.5. The Morgan fingerprint density at radius 3 is 2.05 bits per heavy atom. The van der Waals surface area contributed by atoms with Crippen molar-refractivity contribution in [3.63, 3.8) is 0 Å². The van der Waals surface area contributed by atoms with Crippen LogP contribution in [0.2, 0.25) is 0 Å². The smallest absolute Gasteiger partial charge is 0.309 e. The summed E-state index contributed by atoms with van der Waals surface area (Å²) in [5, 5.41) is 7.52. The molecule has 0 aliphatic carbocycles. The largest absolute Gasteiger partial charge is 0.355 e. The highest BCUT2D eigenvalue weighted by atomic mass is 16.2. The minimum atomic E-state index is -0.680. The lowest BCUT2D eigenvalue weighted by Crippen LogP contribution is -2.43. The molecule has 3 N–H and O–H groups in total. The fourth-order valence-electron chi connectivity index (χ4n) is 1.71. The predicted octanol–water partition coefficient (Wildman–Crippen LogP) is -0.0123. The molecule has 0 spiro atoms. The summed E-state index contributed by atoms with van der Waals surface area (Å²) in [5.41, 5.74) is 1.20. The fraction of sp³-hybridized carbons (Fsp3) is 0.400. The van der Waals surface area contributed by atoms with Crippen molar-refractivity contribution >= 4 is 17.7 Å². The van der Waals surface area contributed by atoms with E-state index in [0.29, 0.717) is 13.1 Å². The molecule has 0 saturated heterocycles. The molecule has 114 valence electrons. The second-order valence-corrected chi connectivity index (χ2v) is 4.58. The number of aryl methyl sites for hydroxylation is 1. The standard InChI is InChI=1S/C15H21N3O3/c1-12(19)16-10-11-18-15(21)14(20)17-9-5-8-13-6-3-2-4-7-13/h2-4,6-7H,5,8-11H2,1H3,(H,16,19)(H,17,20)(H,18,21). The Hall–Kier alpha value is -2.37. The van der Waals surface area contributed by atoms with Crippen LogP contribution < -0.4 is 16.0 Å². The second kappa shape index (κ2) is 9.52. The third kappa shape index (κ3) is 7.71. The average molecular weight is 291 g/mol. The maximum Gasteiger partial charge on any atom is 0.309 e. The zero-order valence-electron chi connectivity index (χ0n) is 12.1. The minimum absolute atomic E-state index is 0.172. The number of amides is 3. The van der Waals surface area contributed by atoms with Crippen molar-refractivity contribution in [3.8, 4) is 0 Å². The van der Waals surface area contributed by atoms with Crippen LogP contribution in [0.15, 0.2) is 30.3 Å². The summed E-state index contributed by atoms with van der Waals surface area (Å²) in [5.74, 6) is -1.50. The quantitative estimate of drug-likeness (QED) is 0.488. The van der Waals surface area contributed by atoms with Crippen LogP contribution in [0.4, 0.5) is 0 Å². The van der Waals surface area contributed by atoms with E-state index < -0.39 is 11.8 Å². The molecular weight excluding hydrogens is 270 g/mol. The molecule has 0 unspecified atom stereocenters. The molecule has 21 heavy (non-hydrogen) atoms. The maximum absolute atomic E-state index is 11.5. The Balaban J connectivity index is 2.09. The first-order chi connectivity index (χ1) is 10.1. The van der Waals surface area contributed by atoms with E-state index in [1.807, 2.05) is 30.3 Å². The van der Waals surface area contributed by atoms with Crippen molar-refractivity contribution in [1.29, 1.82) is 0 Å². The van der Waals surface area contributed by atoms with Crippen LogP contribution in [0.1, 0.15) is 18.9 Å². The molecule has 1 aromatic carbocycles. The molecule has 0 heterocycles. The number of hydrogen-bond donors (Lipinski definition) is 3. The van der Waals surface area contributed by atoms with E-state index in [-0.39, 0.29) is 12.5 Å². The monoisotopic (exact) mass is 291 g/mol. The second-order valence-electron chi connectivity index (χ2n) is 4.58. The molecule has 0 aromatic heterocycles. The summed E-state index contributed by atoms with van der Waals surface area (Å²) < 4.78 is 0. The molecule has 0 bridgehead atoms. The minimum Gasteiger partial charge on any atom is -0.355 e. The lowest BCUT2D eigenvalue weighted by Gasteiger charge is -2.07. The number of nitrogens with one attached hydrogen (secondary N) is 3. The number of carbonyl (C=O) groups excluding carboxylic acids is 3. The Labute approximate surface area is 124 Å². The van der Waals surface area contributed by atoms with E-state index in [4.69, 9.17) is 0 Å². The van der Waals surface area contributed by atoms with Crippen molar-refractivity contribution in [3.05, 3.63) is 35.9 Å². The average Bonchev–Trinajstić information content (AvgIpc) is 2.48. The van der Waals surface area contributed by atoms with Gasteiger partial charge in [-0.2, -0.15) is 0 Å². The zero-order valence-corrected chi connectivity index (χ0v) is 12.1. The summed E-state index contributed by atoms with van der Waals surface area (Å²) in [6, 6.07) is 9.94. The van der Waals surface area contributed by atoms with Crippen molar-refractivity contribution in [2.24, 2.45) is 0 Å². The molecule has 0 saturated carbocycles. The predicted molar refractivity (Wildman–Crippen MR) is 79.5 cm³/mol. The highest BCUT2D eigenvalue weighted by Crippen LogP contribution is 2.01. The van der Waals surface area contributed by atoms with Crippen LogP contribution in [-0.2, 0) is 20.8 Å². The van der Waals surface area contributed by atoms with Crippen LogP contribution in [-0.4, -0.2) is 37.4 Å². The summed E-state index contributed by atoms with van der Waals surface area (Å²) in [7, 11) is 0. The molecule has 1 aromatic rings. The van der Waals surface area contributed by atoms with Gasteiger partial charge in [-0.05, 0) is 18.4 Å². The van der Waals surface area contributed by atoms with E-state index in [9.17, 15) is 14.4 Å². The number of carbonyl (C=O) groups is 3. The van der Waals surface area contributed by atoms with E-state index in [1.54, 1.807) is 0 Å². The molecule has 0 atom stereocenters. The normalized spacial score (nSPS) is 9.76. The molecule has 6 nitrogen and oxygen atoms in total. The van der Waals surface area contributed by atoms with Gasteiger partial charge >= 0.3 is 11.8 Å². The topological polar surface area (TPSA) is 87.3 Å². The van der Waals surface area contributed by atoms with Crippen molar-refractivity contribution in [2.45, 2.75) is 19.8 Å². The lowest BCUT2D eigenvalue weighted by molar-refractivity contribution is -0.139. The van der Waals surface area contributed by atoms with E-state index in [1.165, 1.54) is 12.5 Å². The van der Waals surface area contributed by atoms with E-state index >= 15 is 0 Å². The Morgan fingerprint density at radius 1 is 0.857 bits per heavy atom. The highest BCUT2D eigenvalue weighted by molar-refractivity contribution is 6.35. The first-order valence-electron chi connectivity index (χ1n) is 6.94. The van der Waals surface area contributed by atoms with Crippen LogP contribution in [0.25, 0.3) is 0 Å². The SMILES string of the molecule is CC(=O)NCCNC(=O)C(=O)NCCCc1ccccc1. The van der Waals surface area contributed by atoms with Gasteiger partial charge in [0, 0.05) is 26.6 Å². The van der Waals surface area contributed by atoms with Crippen molar-refractivity contribution in [1.82, 2.24) is 16.0 Å². The van der Waals surface area contributed by atoms with Crippen LogP contribution in [0.5, 0.6) is 0 Å². The third-order valence-corrected chi connectivity index (χ3v) is 2.76. The molecule has 6 heteroatoms. The van der Waals surface area contributed by atoms with Gasteiger partial charge in [0.15, 0.2) is 0 Å². The van der Waals surface area contributed by atoms with Gasteiger partial charge in [-0.25, -0.2) is 0 Å². The van der Waals surface area contributed by atoms with Gasteiger partial charge in [0.05, 0.1) is 0 Å². The van der Waals surface area contributed by atoms with Gasteiger partial charge < -0.3 is 16.0 Å². The number of benzene rings is 1. The van der Waals surface area contributed by atoms with E-state index in [0.717, 1.165) is 12.8 Å². The van der Waals surface area contributed by atoms with Gasteiger partial charge in [-0.3, -0.25) is 14.4 Å². The molecule has 0 aliphatic rings. The van der Waals surface area contributed by atoms with Gasteiger partial charge in [0.25, 0.3) is 0 Å². The molecule has 1 rings (SSSR count). The van der Waals surface area contributed by atoms with Gasteiger partial charge in [-0.15, -0.1) is 0 Å². The summed E-state index contributed by atoms with van der Waals surface area (Å²) >= 11 is 0. The van der Waals surface area contributed by atoms with Gasteiger partial charge in [0.1, 0.15) is 0 Å². The number of rotatable bonds is 7. The highest BCUT2D eigenvalue weighted by Gasteiger charge is 2.11. The molecule has 0 fully saturated rings. The summed E-state index contributed by atoms with van der Waals surface area (Å²) in [4.78, 5) is 33.5. The molecule has 0 aliphatic heterocycles.